The summed E-state index contributed by atoms with van der Waals surface area (Å²) >= 11 is 0. The van der Waals surface area contributed by atoms with Crippen LogP contribution in [0.25, 0.3) is 0 Å². The summed E-state index contributed by atoms with van der Waals surface area (Å²) in [7, 11) is 1.66. The number of aliphatic carboxylic acids is 1. The van der Waals surface area contributed by atoms with E-state index < -0.39 is 11.4 Å². The second kappa shape index (κ2) is 3.59. The normalized spacial score (nSPS) is 18.9. The van der Waals surface area contributed by atoms with Crippen molar-refractivity contribution in [3.05, 3.63) is 0 Å². The first-order valence-electron chi connectivity index (χ1n) is 4.92. The fourth-order valence-corrected chi connectivity index (χ4v) is 1.62. The number of carboxylic acids is 1. The number of amides is 1. The third kappa shape index (κ3) is 1.49. The first-order valence-corrected chi connectivity index (χ1v) is 4.92. The molecule has 1 aliphatic carbocycles. The minimum atomic E-state index is -1.11. The van der Waals surface area contributed by atoms with Gasteiger partial charge in [0, 0.05) is 13.1 Å². The van der Waals surface area contributed by atoms with E-state index in [0.29, 0.717) is 12.8 Å². The summed E-state index contributed by atoms with van der Waals surface area (Å²) in [6.45, 7) is 3.76. The molecule has 0 saturated heterocycles. The van der Waals surface area contributed by atoms with Crippen LogP contribution < -0.4 is 0 Å². The van der Waals surface area contributed by atoms with Gasteiger partial charge in [0.05, 0.1) is 0 Å². The van der Waals surface area contributed by atoms with Gasteiger partial charge in [-0.15, -0.1) is 0 Å². The highest BCUT2D eigenvalue weighted by atomic mass is 16.4. The van der Waals surface area contributed by atoms with E-state index in [1.165, 1.54) is 4.90 Å². The summed E-state index contributed by atoms with van der Waals surface area (Å²) in [5, 5.41) is 9.04. The van der Waals surface area contributed by atoms with Gasteiger partial charge >= 0.3 is 5.97 Å². The lowest BCUT2D eigenvalue weighted by Crippen LogP contribution is -2.53. The van der Waals surface area contributed by atoms with Crippen LogP contribution >= 0.6 is 0 Å². The van der Waals surface area contributed by atoms with Crippen molar-refractivity contribution in [1.82, 2.24) is 4.90 Å². The zero-order valence-electron chi connectivity index (χ0n) is 8.91. The van der Waals surface area contributed by atoms with Crippen LogP contribution in [-0.2, 0) is 9.59 Å². The predicted molar refractivity (Wildman–Crippen MR) is 51.8 cm³/mol. The van der Waals surface area contributed by atoms with E-state index in [4.69, 9.17) is 5.11 Å². The largest absolute Gasteiger partial charge is 0.480 e. The molecule has 0 bridgehead atoms. The van der Waals surface area contributed by atoms with Gasteiger partial charge < -0.3 is 10.0 Å². The third-order valence-electron chi connectivity index (χ3n) is 3.12. The van der Waals surface area contributed by atoms with Gasteiger partial charge in [0.1, 0.15) is 5.41 Å². The Morgan fingerprint density at radius 1 is 1.36 bits per heavy atom. The predicted octanol–water partition coefficient (Wildman–Crippen LogP) is 1.11. The molecule has 0 aromatic carbocycles. The molecular weight excluding hydrogens is 182 g/mol. The first kappa shape index (κ1) is 11.0. The van der Waals surface area contributed by atoms with Crippen LogP contribution in [0.1, 0.15) is 33.1 Å². The van der Waals surface area contributed by atoms with E-state index >= 15 is 0 Å². The van der Waals surface area contributed by atoms with Crippen LogP contribution in [0.3, 0.4) is 0 Å². The average molecular weight is 199 g/mol. The zero-order valence-corrected chi connectivity index (χ0v) is 8.91. The molecule has 0 atom stereocenters. The standard InChI is InChI=1S/C10H17NO3/c1-7(2)11(3)8(12)10(9(13)14)5-4-6-10/h7H,4-6H2,1-3H3,(H,13,14). The summed E-state index contributed by atoms with van der Waals surface area (Å²) in [4.78, 5) is 24.4. The maximum atomic E-state index is 11.9. The summed E-state index contributed by atoms with van der Waals surface area (Å²) in [6.07, 6.45) is 1.81. The molecule has 4 nitrogen and oxygen atoms in total. The molecule has 0 unspecified atom stereocenters. The second-order valence-electron chi connectivity index (χ2n) is 4.25. The molecule has 1 aliphatic rings. The average Bonchev–Trinajstić information content (AvgIpc) is 1.99. The fraction of sp³-hybridized carbons (Fsp3) is 0.800. The van der Waals surface area contributed by atoms with Gasteiger partial charge in [-0.3, -0.25) is 9.59 Å². The van der Waals surface area contributed by atoms with Crippen LogP contribution in [0.15, 0.2) is 0 Å². The maximum Gasteiger partial charge on any atom is 0.319 e. The molecule has 0 aromatic rings. The van der Waals surface area contributed by atoms with Crippen LogP contribution in [0.5, 0.6) is 0 Å². The Bertz CT molecular complexity index is 256. The van der Waals surface area contributed by atoms with Crippen molar-refractivity contribution in [2.24, 2.45) is 5.41 Å². The lowest BCUT2D eigenvalue weighted by atomic mass is 9.67. The van der Waals surface area contributed by atoms with E-state index in [1.807, 2.05) is 13.8 Å². The number of carboxylic acid groups (broad SMARTS) is 1. The van der Waals surface area contributed by atoms with Gasteiger partial charge in [0.25, 0.3) is 0 Å². The highest BCUT2D eigenvalue weighted by molar-refractivity contribution is 6.02. The summed E-state index contributed by atoms with van der Waals surface area (Å²) < 4.78 is 0. The van der Waals surface area contributed by atoms with Crippen molar-refractivity contribution in [3.63, 3.8) is 0 Å². The fourth-order valence-electron chi connectivity index (χ4n) is 1.62. The highest BCUT2D eigenvalue weighted by Gasteiger charge is 2.52. The number of carbonyl (C=O) groups excluding carboxylic acids is 1. The van der Waals surface area contributed by atoms with Gasteiger partial charge in [0.15, 0.2) is 0 Å². The van der Waals surface area contributed by atoms with Crippen LogP contribution in [0.2, 0.25) is 0 Å². The second-order valence-corrected chi connectivity index (χ2v) is 4.25. The molecule has 14 heavy (non-hydrogen) atoms. The van der Waals surface area contributed by atoms with E-state index in [9.17, 15) is 9.59 Å². The molecule has 1 amide bonds. The Morgan fingerprint density at radius 3 is 2.07 bits per heavy atom. The molecule has 1 N–H and O–H groups in total. The third-order valence-corrected chi connectivity index (χ3v) is 3.12. The Balaban J connectivity index is 2.81. The molecule has 0 aromatic heterocycles. The van der Waals surface area contributed by atoms with E-state index in [0.717, 1.165) is 6.42 Å². The van der Waals surface area contributed by atoms with Gasteiger partial charge in [-0.25, -0.2) is 0 Å². The van der Waals surface area contributed by atoms with Crippen LogP contribution in [0.4, 0.5) is 0 Å². The van der Waals surface area contributed by atoms with E-state index in [2.05, 4.69) is 0 Å². The number of rotatable bonds is 3. The summed E-state index contributed by atoms with van der Waals surface area (Å²) in [5.41, 5.74) is -1.11. The molecule has 1 fully saturated rings. The van der Waals surface area contributed by atoms with E-state index in [-0.39, 0.29) is 11.9 Å². The zero-order chi connectivity index (χ0) is 10.9. The maximum absolute atomic E-state index is 11.9. The van der Waals surface area contributed by atoms with Crippen molar-refractivity contribution in [1.29, 1.82) is 0 Å². The molecule has 0 aliphatic heterocycles. The number of carbonyl (C=O) groups is 2. The highest BCUT2D eigenvalue weighted by Crippen LogP contribution is 2.42. The molecule has 1 saturated carbocycles. The van der Waals surface area contributed by atoms with Crippen molar-refractivity contribution >= 4 is 11.9 Å². The minimum absolute atomic E-state index is 0.0549. The Labute approximate surface area is 83.9 Å². The van der Waals surface area contributed by atoms with Crippen molar-refractivity contribution in [3.8, 4) is 0 Å². The van der Waals surface area contributed by atoms with Crippen molar-refractivity contribution < 1.29 is 14.7 Å². The molecule has 0 spiro atoms. The Morgan fingerprint density at radius 2 is 1.86 bits per heavy atom. The number of hydrogen-bond donors (Lipinski definition) is 1. The van der Waals surface area contributed by atoms with Gasteiger partial charge in [0.2, 0.25) is 5.91 Å². The van der Waals surface area contributed by atoms with Gasteiger partial charge in [-0.05, 0) is 26.7 Å². The molecule has 0 radical (unpaired) electrons. The lowest BCUT2D eigenvalue weighted by molar-refractivity contribution is -0.167. The lowest BCUT2D eigenvalue weighted by Gasteiger charge is -2.39. The van der Waals surface area contributed by atoms with Crippen molar-refractivity contribution in [2.75, 3.05) is 7.05 Å². The quantitative estimate of drug-likeness (QED) is 0.693. The summed E-state index contributed by atoms with van der Waals surface area (Å²) in [5.74, 6) is -1.22. The van der Waals surface area contributed by atoms with Gasteiger partial charge in [-0.1, -0.05) is 6.42 Å². The summed E-state index contributed by atoms with van der Waals surface area (Å²) in [6, 6.07) is 0.0549. The number of hydrogen-bond acceptors (Lipinski definition) is 2. The first-order chi connectivity index (χ1) is 6.42. The Kier molecular flexibility index (Phi) is 2.83. The number of nitrogens with zero attached hydrogens (tertiary/aromatic N) is 1. The molecule has 80 valence electrons. The Hall–Kier alpha value is -1.06. The monoisotopic (exact) mass is 199 g/mol. The molecule has 0 heterocycles. The van der Waals surface area contributed by atoms with Gasteiger partial charge in [-0.2, -0.15) is 0 Å². The SMILES string of the molecule is CC(C)N(C)C(=O)C1(C(=O)O)CCC1. The van der Waals surface area contributed by atoms with Crippen LogP contribution in [0, 0.1) is 5.41 Å². The van der Waals surface area contributed by atoms with Crippen molar-refractivity contribution in [2.45, 2.75) is 39.2 Å². The molecule has 4 heteroatoms. The minimum Gasteiger partial charge on any atom is -0.480 e. The van der Waals surface area contributed by atoms with Crippen LogP contribution in [-0.4, -0.2) is 35.0 Å². The molecule has 1 rings (SSSR count). The van der Waals surface area contributed by atoms with E-state index in [1.54, 1.807) is 7.05 Å². The smallest absolute Gasteiger partial charge is 0.319 e. The topological polar surface area (TPSA) is 57.6 Å². The molecular formula is C10H17NO3.